The number of amides is 1. The van der Waals surface area contributed by atoms with Gasteiger partial charge < -0.3 is 15.4 Å². The van der Waals surface area contributed by atoms with Crippen molar-refractivity contribution in [3.8, 4) is 0 Å². The molecule has 0 aliphatic heterocycles. The molecule has 5 nitrogen and oxygen atoms in total. The number of carboxylic acid groups (broad SMARTS) is 1. The fourth-order valence-corrected chi connectivity index (χ4v) is 1.84. The fraction of sp³-hybridized carbons (Fsp3) is 0.538. The van der Waals surface area contributed by atoms with Crippen molar-refractivity contribution in [2.75, 3.05) is 6.54 Å². The molecule has 0 fully saturated rings. The van der Waals surface area contributed by atoms with E-state index in [0.717, 1.165) is 12.8 Å². The van der Waals surface area contributed by atoms with Crippen LogP contribution in [0.25, 0.3) is 0 Å². The van der Waals surface area contributed by atoms with Crippen LogP contribution < -0.4 is 5.32 Å². The number of carboxylic acids is 1. The minimum Gasteiger partial charge on any atom is -0.481 e. The molecule has 0 aliphatic carbocycles. The highest BCUT2D eigenvalue weighted by atomic mass is 16.4. The van der Waals surface area contributed by atoms with Gasteiger partial charge >= 0.3 is 5.97 Å². The molecular formula is C13H20N2O3. The van der Waals surface area contributed by atoms with Gasteiger partial charge in [-0.1, -0.05) is 13.3 Å². The molecule has 1 unspecified atom stereocenters. The summed E-state index contributed by atoms with van der Waals surface area (Å²) >= 11 is 0. The molecule has 0 saturated carbocycles. The maximum atomic E-state index is 11.6. The van der Waals surface area contributed by atoms with Crippen molar-refractivity contribution in [1.82, 2.24) is 10.3 Å². The van der Waals surface area contributed by atoms with Gasteiger partial charge in [0.2, 0.25) is 0 Å². The Kier molecular flexibility index (Phi) is 5.97. The van der Waals surface area contributed by atoms with Crippen molar-refractivity contribution in [2.24, 2.45) is 5.92 Å². The molecule has 0 bridgehead atoms. The van der Waals surface area contributed by atoms with Gasteiger partial charge in [0.25, 0.3) is 5.91 Å². The molecule has 5 heteroatoms. The average Bonchev–Trinajstić information content (AvgIpc) is 2.86. The summed E-state index contributed by atoms with van der Waals surface area (Å²) in [6, 6.07) is 3.49. The summed E-state index contributed by atoms with van der Waals surface area (Å²) < 4.78 is 0. The van der Waals surface area contributed by atoms with Gasteiger partial charge in [-0.2, -0.15) is 0 Å². The van der Waals surface area contributed by atoms with E-state index in [1.54, 1.807) is 18.3 Å². The monoisotopic (exact) mass is 252 g/mol. The highest BCUT2D eigenvalue weighted by Gasteiger charge is 2.10. The lowest BCUT2D eigenvalue weighted by molar-refractivity contribution is -0.137. The van der Waals surface area contributed by atoms with E-state index in [-0.39, 0.29) is 12.3 Å². The minimum atomic E-state index is -0.760. The molecule has 0 aliphatic rings. The number of carbonyl (C=O) groups is 2. The van der Waals surface area contributed by atoms with Crippen molar-refractivity contribution < 1.29 is 14.7 Å². The molecule has 3 N–H and O–H groups in total. The lowest BCUT2D eigenvalue weighted by Gasteiger charge is -2.13. The van der Waals surface area contributed by atoms with E-state index in [2.05, 4.69) is 10.3 Å². The Balaban J connectivity index is 2.22. The van der Waals surface area contributed by atoms with Gasteiger partial charge in [0.15, 0.2) is 0 Å². The van der Waals surface area contributed by atoms with Crippen LogP contribution in [0.4, 0.5) is 0 Å². The Bertz CT molecular complexity index is 374. The van der Waals surface area contributed by atoms with Crippen molar-refractivity contribution in [2.45, 2.75) is 32.6 Å². The summed E-state index contributed by atoms with van der Waals surface area (Å²) in [7, 11) is 0. The SMILES string of the molecule is CCC(CCNC(=O)c1ccc[nH]1)CCC(=O)O. The molecule has 1 amide bonds. The largest absolute Gasteiger partial charge is 0.481 e. The maximum absolute atomic E-state index is 11.6. The van der Waals surface area contributed by atoms with Crippen LogP contribution in [0.1, 0.15) is 43.1 Å². The summed E-state index contributed by atoms with van der Waals surface area (Å²) in [6.45, 7) is 2.62. The number of aromatic nitrogens is 1. The summed E-state index contributed by atoms with van der Waals surface area (Å²) in [5.74, 6) is -0.526. The Morgan fingerprint density at radius 2 is 2.22 bits per heavy atom. The molecule has 100 valence electrons. The highest BCUT2D eigenvalue weighted by molar-refractivity contribution is 5.92. The number of aliphatic carboxylic acids is 1. The van der Waals surface area contributed by atoms with E-state index in [4.69, 9.17) is 5.11 Å². The lowest BCUT2D eigenvalue weighted by atomic mass is 9.96. The maximum Gasteiger partial charge on any atom is 0.303 e. The van der Waals surface area contributed by atoms with E-state index in [9.17, 15) is 9.59 Å². The Hall–Kier alpha value is -1.78. The second-order valence-corrected chi connectivity index (χ2v) is 4.34. The average molecular weight is 252 g/mol. The van der Waals surface area contributed by atoms with Crippen LogP contribution in [0.15, 0.2) is 18.3 Å². The van der Waals surface area contributed by atoms with E-state index < -0.39 is 5.97 Å². The van der Waals surface area contributed by atoms with Crippen LogP contribution in [0.5, 0.6) is 0 Å². The standard InChI is InChI=1S/C13H20N2O3/c1-2-10(5-6-12(16)17)7-9-15-13(18)11-4-3-8-14-11/h3-4,8,10,14H,2,5-7,9H2,1H3,(H,15,18)(H,16,17). The fourth-order valence-electron chi connectivity index (χ4n) is 1.84. The van der Waals surface area contributed by atoms with Gasteiger partial charge in [-0.05, 0) is 30.9 Å². The predicted octanol–water partition coefficient (Wildman–Crippen LogP) is 2.03. The highest BCUT2D eigenvalue weighted by Crippen LogP contribution is 2.14. The van der Waals surface area contributed by atoms with Gasteiger partial charge in [-0.25, -0.2) is 0 Å². The zero-order valence-electron chi connectivity index (χ0n) is 10.6. The third-order valence-corrected chi connectivity index (χ3v) is 3.02. The second kappa shape index (κ2) is 7.53. The Morgan fingerprint density at radius 3 is 2.78 bits per heavy atom. The van der Waals surface area contributed by atoms with Gasteiger partial charge in [0.05, 0.1) is 0 Å². The molecule has 0 aromatic carbocycles. The number of hydrogen-bond donors (Lipinski definition) is 3. The first-order chi connectivity index (χ1) is 8.63. The quantitative estimate of drug-likeness (QED) is 0.662. The molecule has 1 aromatic rings. The normalized spacial score (nSPS) is 12.1. The van der Waals surface area contributed by atoms with Crippen LogP contribution in [0.2, 0.25) is 0 Å². The van der Waals surface area contributed by atoms with E-state index >= 15 is 0 Å². The number of carbonyl (C=O) groups excluding carboxylic acids is 1. The summed E-state index contributed by atoms with van der Waals surface area (Å²) in [5, 5.41) is 11.4. The third kappa shape index (κ3) is 5.03. The smallest absolute Gasteiger partial charge is 0.303 e. The summed E-state index contributed by atoms with van der Waals surface area (Å²) in [5.41, 5.74) is 0.550. The summed E-state index contributed by atoms with van der Waals surface area (Å²) in [6.07, 6.45) is 4.33. The lowest BCUT2D eigenvalue weighted by Crippen LogP contribution is -2.26. The van der Waals surface area contributed by atoms with Crippen LogP contribution in [0.3, 0.4) is 0 Å². The first kappa shape index (κ1) is 14.3. The van der Waals surface area contributed by atoms with Crippen LogP contribution in [-0.4, -0.2) is 28.5 Å². The number of hydrogen-bond acceptors (Lipinski definition) is 2. The van der Waals surface area contributed by atoms with Crippen LogP contribution in [-0.2, 0) is 4.79 Å². The molecule has 1 aromatic heterocycles. The number of rotatable bonds is 8. The van der Waals surface area contributed by atoms with Crippen molar-refractivity contribution >= 4 is 11.9 Å². The number of nitrogens with one attached hydrogen (secondary N) is 2. The molecular weight excluding hydrogens is 232 g/mol. The number of aromatic amines is 1. The zero-order chi connectivity index (χ0) is 13.4. The first-order valence-corrected chi connectivity index (χ1v) is 6.26. The zero-order valence-corrected chi connectivity index (χ0v) is 10.6. The molecule has 0 radical (unpaired) electrons. The van der Waals surface area contributed by atoms with Crippen LogP contribution >= 0.6 is 0 Å². The molecule has 18 heavy (non-hydrogen) atoms. The van der Waals surface area contributed by atoms with Crippen molar-refractivity contribution in [3.05, 3.63) is 24.0 Å². The predicted molar refractivity (Wildman–Crippen MR) is 68.4 cm³/mol. The van der Waals surface area contributed by atoms with Gasteiger partial charge in [0, 0.05) is 19.2 Å². The van der Waals surface area contributed by atoms with E-state index in [0.29, 0.717) is 24.6 Å². The van der Waals surface area contributed by atoms with E-state index in [1.165, 1.54) is 0 Å². The third-order valence-electron chi connectivity index (χ3n) is 3.02. The van der Waals surface area contributed by atoms with Crippen LogP contribution in [0, 0.1) is 5.92 Å². The van der Waals surface area contributed by atoms with Crippen molar-refractivity contribution in [1.29, 1.82) is 0 Å². The second-order valence-electron chi connectivity index (χ2n) is 4.34. The van der Waals surface area contributed by atoms with E-state index in [1.807, 2.05) is 6.92 Å². The molecule has 1 atom stereocenters. The van der Waals surface area contributed by atoms with Gasteiger partial charge in [-0.15, -0.1) is 0 Å². The molecule has 1 rings (SSSR count). The number of H-pyrrole nitrogens is 1. The molecule has 0 spiro atoms. The topological polar surface area (TPSA) is 82.2 Å². The molecule has 0 saturated heterocycles. The van der Waals surface area contributed by atoms with Gasteiger partial charge in [-0.3, -0.25) is 9.59 Å². The van der Waals surface area contributed by atoms with Crippen molar-refractivity contribution in [3.63, 3.8) is 0 Å². The first-order valence-electron chi connectivity index (χ1n) is 6.26. The molecule has 1 heterocycles. The Morgan fingerprint density at radius 1 is 1.44 bits per heavy atom. The Labute approximate surface area is 107 Å². The minimum absolute atomic E-state index is 0.118. The van der Waals surface area contributed by atoms with Gasteiger partial charge in [0.1, 0.15) is 5.69 Å². The summed E-state index contributed by atoms with van der Waals surface area (Å²) in [4.78, 5) is 24.9.